The molecule has 0 saturated heterocycles. The zero-order valence-corrected chi connectivity index (χ0v) is 36.3. The van der Waals surface area contributed by atoms with Crippen LogP contribution in [0, 0.1) is 0 Å². The molecule has 0 aliphatic carbocycles. The number of phosphoric acid groups is 1. The minimum absolute atomic E-state index is 0.0502. The molecule has 0 aliphatic rings. The first-order chi connectivity index (χ1) is 26.8. The van der Waals surface area contributed by atoms with Crippen molar-refractivity contribution in [1.29, 1.82) is 0 Å². The third-order valence-electron chi connectivity index (χ3n) is 9.50. The van der Waals surface area contributed by atoms with Gasteiger partial charge in [-0.1, -0.05) is 159 Å². The van der Waals surface area contributed by atoms with E-state index in [0.717, 1.165) is 70.6 Å². The molecule has 10 heteroatoms. The molecule has 55 heavy (non-hydrogen) atoms. The maximum atomic E-state index is 12.6. The predicted molar refractivity (Wildman–Crippen MR) is 229 cm³/mol. The normalized spacial score (nSPS) is 13.6. The second-order valence-electron chi connectivity index (χ2n) is 14.9. The zero-order chi connectivity index (χ0) is 40.3. The van der Waals surface area contributed by atoms with Crippen LogP contribution in [0.1, 0.15) is 206 Å². The number of carbonyl (C=O) groups is 2. The number of rotatable bonds is 42. The van der Waals surface area contributed by atoms with Gasteiger partial charge in [0.15, 0.2) is 6.10 Å². The van der Waals surface area contributed by atoms with Gasteiger partial charge in [-0.15, -0.1) is 0 Å². The van der Waals surface area contributed by atoms with Crippen LogP contribution in [0.3, 0.4) is 0 Å². The summed E-state index contributed by atoms with van der Waals surface area (Å²) < 4.78 is 32.8. The van der Waals surface area contributed by atoms with Gasteiger partial charge >= 0.3 is 19.8 Å². The lowest BCUT2D eigenvalue weighted by Gasteiger charge is -2.19. The number of hydrogen-bond acceptors (Lipinski definition) is 8. The van der Waals surface area contributed by atoms with E-state index in [9.17, 15) is 19.0 Å². The van der Waals surface area contributed by atoms with Crippen LogP contribution in [0.4, 0.5) is 0 Å². The van der Waals surface area contributed by atoms with E-state index in [1.807, 2.05) is 0 Å². The Labute approximate surface area is 337 Å². The highest BCUT2D eigenvalue weighted by Crippen LogP contribution is 2.43. The molecule has 2 unspecified atom stereocenters. The van der Waals surface area contributed by atoms with Crippen LogP contribution in [-0.2, 0) is 32.7 Å². The summed E-state index contributed by atoms with van der Waals surface area (Å²) in [6.45, 7) is 3.70. The number of ether oxygens (including phenoxy) is 2. The molecule has 0 saturated carbocycles. The number of nitrogens with two attached hydrogens (primary N) is 1. The van der Waals surface area contributed by atoms with Crippen LogP contribution in [0.25, 0.3) is 0 Å². The lowest BCUT2D eigenvalue weighted by molar-refractivity contribution is -0.161. The van der Waals surface area contributed by atoms with Crippen molar-refractivity contribution in [3.63, 3.8) is 0 Å². The molecule has 0 aromatic carbocycles. The van der Waals surface area contributed by atoms with Crippen LogP contribution in [0.5, 0.6) is 0 Å². The molecule has 0 aliphatic heterocycles. The molecule has 3 N–H and O–H groups in total. The zero-order valence-electron chi connectivity index (χ0n) is 35.4. The molecule has 0 bridgehead atoms. The summed E-state index contributed by atoms with van der Waals surface area (Å²) in [6.07, 6.45) is 46.0. The molecule has 0 amide bonds. The molecule has 0 rings (SSSR count). The lowest BCUT2D eigenvalue weighted by atomic mass is 10.1. The van der Waals surface area contributed by atoms with E-state index in [-0.39, 0.29) is 38.6 Å². The molecule has 322 valence electrons. The number of allylic oxidation sites excluding steroid dienone is 6. The summed E-state index contributed by atoms with van der Waals surface area (Å²) in [5, 5.41) is 0. The Morgan fingerprint density at radius 2 is 0.945 bits per heavy atom. The fourth-order valence-corrected chi connectivity index (χ4v) is 6.89. The molecule has 0 radical (unpaired) electrons. The third kappa shape index (κ3) is 41.7. The highest BCUT2D eigenvalue weighted by atomic mass is 31.2. The van der Waals surface area contributed by atoms with Gasteiger partial charge in [-0.05, 0) is 70.6 Å². The largest absolute Gasteiger partial charge is 0.472 e. The van der Waals surface area contributed by atoms with Crippen LogP contribution < -0.4 is 5.73 Å². The number of hydrogen-bond donors (Lipinski definition) is 2. The van der Waals surface area contributed by atoms with Crippen LogP contribution in [-0.4, -0.2) is 49.3 Å². The number of phosphoric ester groups is 1. The average Bonchev–Trinajstić information content (AvgIpc) is 3.17. The van der Waals surface area contributed by atoms with Crippen LogP contribution >= 0.6 is 7.82 Å². The topological polar surface area (TPSA) is 134 Å². The second kappa shape index (κ2) is 41.9. The minimum Gasteiger partial charge on any atom is -0.462 e. The Hall–Kier alpha value is -1.77. The van der Waals surface area contributed by atoms with E-state index in [1.165, 1.54) is 103 Å². The highest BCUT2D eigenvalue weighted by molar-refractivity contribution is 7.47. The molecule has 0 aromatic rings. The van der Waals surface area contributed by atoms with Gasteiger partial charge in [0, 0.05) is 19.4 Å². The van der Waals surface area contributed by atoms with Crippen molar-refractivity contribution in [3.05, 3.63) is 36.5 Å². The molecule has 0 aromatic heterocycles. The van der Waals surface area contributed by atoms with Crippen molar-refractivity contribution < 1.29 is 37.6 Å². The molecule has 2 atom stereocenters. The monoisotopic (exact) mass is 798 g/mol. The predicted octanol–water partition coefficient (Wildman–Crippen LogP) is 12.9. The van der Waals surface area contributed by atoms with Crippen molar-refractivity contribution in [2.24, 2.45) is 5.73 Å². The van der Waals surface area contributed by atoms with Gasteiger partial charge in [0.25, 0.3) is 0 Å². The third-order valence-corrected chi connectivity index (χ3v) is 10.5. The fourth-order valence-electron chi connectivity index (χ4n) is 6.13. The molecule has 0 heterocycles. The Bertz CT molecular complexity index is 1000. The molecule has 0 fully saturated rings. The van der Waals surface area contributed by atoms with Gasteiger partial charge in [-0.25, -0.2) is 4.57 Å². The second-order valence-corrected chi connectivity index (χ2v) is 16.4. The van der Waals surface area contributed by atoms with E-state index in [2.05, 4.69) is 50.3 Å². The number of unbranched alkanes of at least 4 members (excludes halogenated alkanes) is 23. The first-order valence-corrected chi connectivity index (χ1v) is 24.0. The van der Waals surface area contributed by atoms with Crippen molar-refractivity contribution in [2.45, 2.75) is 213 Å². The first kappa shape index (κ1) is 53.2. The lowest BCUT2D eigenvalue weighted by Crippen LogP contribution is -2.29. The van der Waals surface area contributed by atoms with Gasteiger partial charge in [0.1, 0.15) is 6.61 Å². The quantitative estimate of drug-likeness (QED) is 0.0268. The van der Waals surface area contributed by atoms with Gasteiger partial charge < -0.3 is 20.1 Å². The fraction of sp³-hybridized carbons (Fsp3) is 0.822. The summed E-state index contributed by atoms with van der Waals surface area (Å²) in [4.78, 5) is 34.9. The smallest absolute Gasteiger partial charge is 0.462 e. The van der Waals surface area contributed by atoms with Crippen molar-refractivity contribution in [2.75, 3.05) is 26.4 Å². The van der Waals surface area contributed by atoms with Crippen LogP contribution in [0.2, 0.25) is 0 Å². The maximum Gasteiger partial charge on any atom is 0.472 e. The average molecular weight is 798 g/mol. The molecular formula is C45H84NO8P. The maximum absolute atomic E-state index is 12.6. The summed E-state index contributed by atoms with van der Waals surface area (Å²) in [6, 6.07) is 0. The van der Waals surface area contributed by atoms with E-state index in [4.69, 9.17) is 24.3 Å². The van der Waals surface area contributed by atoms with E-state index >= 15 is 0 Å². The van der Waals surface area contributed by atoms with E-state index < -0.39 is 26.5 Å². The van der Waals surface area contributed by atoms with Gasteiger partial charge in [0.2, 0.25) is 0 Å². The standard InChI is InChI=1S/C45H84NO8P/c1-3-5-7-9-11-13-15-17-19-21-22-24-25-27-29-31-33-35-37-44(47)51-41-43(42-53-55(49,50)52-40-39-46)54-45(48)38-36-34-32-30-28-26-23-20-18-16-14-12-10-8-6-4-2/h14,16,19-21,23,43H,3-13,15,17-18,22,24-42,46H2,1-2H3,(H,49,50)/b16-14-,21-19-,23-20-. The van der Waals surface area contributed by atoms with E-state index in [0.29, 0.717) is 6.42 Å². The molecule has 0 spiro atoms. The van der Waals surface area contributed by atoms with Crippen molar-refractivity contribution >= 4 is 19.8 Å². The summed E-state index contributed by atoms with van der Waals surface area (Å²) >= 11 is 0. The summed E-state index contributed by atoms with van der Waals surface area (Å²) in [7, 11) is -4.38. The summed E-state index contributed by atoms with van der Waals surface area (Å²) in [5.41, 5.74) is 5.35. The van der Waals surface area contributed by atoms with Gasteiger partial charge in [-0.3, -0.25) is 18.6 Å². The Morgan fingerprint density at radius 1 is 0.545 bits per heavy atom. The van der Waals surface area contributed by atoms with Gasteiger partial charge in [-0.2, -0.15) is 0 Å². The Kier molecular flexibility index (Phi) is 40.5. The van der Waals surface area contributed by atoms with E-state index in [1.54, 1.807) is 0 Å². The number of carbonyl (C=O) groups excluding carboxylic acids is 2. The van der Waals surface area contributed by atoms with Crippen molar-refractivity contribution in [1.82, 2.24) is 0 Å². The van der Waals surface area contributed by atoms with Gasteiger partial charge in [0.05, 0.1) is 13.2 Å². The number of esters is 2. The van der Waals surface area contributed by atoms with Crippen LogP contribution in [0.15, 0.2) is 36.5 Å². The molecular weight excluding hydrogens is 713 g/mol. The first-order valence-electron chi connectivity index (χ1n) is 22.5. The molecule has 9 nitrogen and oxygen atoms in total. The summed E-state index contributed by atoms with van der Waals surface area (Å²) in [5.74, 6) is -0.846. The minimum atomic E-state index is -4.38. The SMILES string of the molecule is CCCCCC/C=C\C/C=C\CCCCCCCC(=O)OC(COC(=O)CCCCCCCCC/C=C\CCCCCCCCC)COP(=O)(O)OCCN. The van der Waals surface area contributed by atoms with Crippen molar-refractivity contribution in [3.8, 4) is 0 Å². The Morgan fingerprint density at radius 3 is 1.42 bits per heavy atom. The Balaban J connectivity index is 4.15. The highest BCUT2D eigenvalue weighted by Gasteiger charge is 2.26.